The zero-order valence-corrected chi connectivity index (χ0v) is 30.2. The van der Waals surface area contributed by atoms with E-state index in [0.29, 0.717) is 59.4 Å². The van der Waals surface area contributed by atoms with E-state index in [0.717, 1.165) is 10.7 Å². The van der Waals surface area contributed by atoms with Crippen LogP contribution in [0.4, 0.5) is 0 Å². The van der Waals surface area contributed by atoms with Crippen LogP contribution in [0.15, 0.2) is 65.8 Å². The largest absolute Gasteiger partial charge is 0.465 e. The highest BCUT2D eigenvalue weighted by atomic mass is 35.5. The molecule has 3 N–H and O–H groups in total. The lowest BCUT2D eigenvalue weighted by atomic mass is 9.76. The Morgan fingerprint density at radius 2 is 1.84 bits per heavy atom. The van der Waals surface area contributed by atoms with E-state index in [2.05, 4.69) is 15.5 Å². The van der Waals surface area contributed by atoms with Crippen molar-refractivity contribution in [2.75, 3.05) is 19.9 Å². The molecule has 0 aromatic heterocycles. The molecule has 0 spiro atoms. The SMILES string of the molecule is COC(=O)c1cc(CONC(=O)[C@@H]2c3ccccc3C(=O)N([C@H]3CCCC[C@@H]3N(N)S(C)(=O)=O)[C@H]2c2ccc(Cl)cc2Cl)ccc1CCN=[N+]=[N-]. The van der Waals surface area contributed by atoms with Gasteiger partial charge in [0.1, 0.15) is 0 Å². The molecular formula is C34H37Cl2N7O7S. The summed E-state index contributed by atoms with van der Waals surface area (Å²) in [4.78, 5) is 51.4. The molecule has 2 aliphatic rings. The number of nitrogens with zero attached hydrogens (tertiary/aromatic N) is 5. The number of benzene rings is 3. The van der Waals surface area contributed by atoms with Gasteiger partial charge in [-0.05, 0) is 71.3 Å². The number of hydroxylamine groups is 1. The van der Waals surface area contributed by atoms with Crippen LogP contribution >= 0.6 is 23.2 Å². The van der Waals surface area contributed by atoms with Gasteiger partial charge in [-0.25, -0.2) is 18.7 Å². The summed E-state index contributed by atoms with van der Waals surface area (Å²) in [6, 6.07) is 14.0. The van der Waals surface area contributed by atoms with Crippen molar-refractivity contribution in [3.05, 3.63) is 115 Å². The Kier molecular flexibility index (Phi) is 12.2. The van der Waals surface area contributed by atoms with Crippen molar-refractivity contribution in [1.29, 1.82) is 0 Å². The minimum absolute atomic E-state index is 0.142. The first-order valence-electron chi connectivity index (χ1n) is 16.1. The van der Waals surface area contributed by atoms with Crippen LogP contribution in [0.25, 0.3) is 10.4 Å². The maximum atomic E-state index is 14.5. The van der Waals surface area contributed by atoms with Crippen LogP contribution in [0.3, 0.4) is 0 Å². The van der Waals surface area contributed by atoms with E-state index in [9.17, 15) is 22.8 Å². The van der Waals surface area contributed by atoms with Gasteiger partial charge in [0, 0.05) is 27.1 Å². The highest BCUT2D eigenvalue weighted by Gasteiger charge is 2.50. The molecule has 0 saturated heterocycles. The first kappa shape index (κ1) is 38.0. The Labute approximate surface area is 305 Å². The number of hydrogen-bond donors (Lipinski definition) is 2. The van der Waals surface area contributed by atoms with Gasteiger partial charge >= 0.3 is 5.97 Å². The number of ether oxygens (including phenoxy) is 1. The second kappa shape index (κ2) is 16.4. The number of esters is 1. The maximum absolute atomic E-state index is 14.5. The van der Waals surface area contributed by atoms with Crippen molar-refractivity contribution < 1.29 is 32.4 Å². The monoisotopic (exact) mass is 757 g/mol. The van der Waals surface area contributed by atoms with Crippen LogP contribution in [0.1, 0.15) is 80.6 Å². The molecule has 0 bridgehead atoms. The summed E-state index contributed by atoms with van der Waals surface area (Å²) in [5, 5.41) is 4.08. The predicted molar refractivity (Wildman–Crippen MR) is 190 cm³/mol. The molecule has 1 aliphatic carbocycles. The fourth-order valence-corrected chi connectivity index (χ4v) is 8.19. The van der Waals surface area contributed by atoms with Crippen molar-refractivity contribution in [1.82, 2.24) is 14.8 Å². The number of azide groups is 1. The number of amides is 2. The molecule has 270 valence electrons. The fraction of sp³-hybridized carbons (Fsp3) is 0.382. The lowest BCUT2D eigenvalue weighted by Crippen LogP contribution is -2.61. The van der Waals surface area contributed by atoms with E-state index in [1.165, 1.54) is 13.2 Å². The summed E-state index contributed by atoms with van der Waals surface area (Å²) in [5.41, 5.74) is 13.7. The Morgan fingerprint density at radius 3 is 2.55 bits per heavy atom. The predicted octanol–water partition coefficient (Wildman–Crippen LogP) is 5.61. The molecule has 17 heteroatoms. The number of fused-ring (bicyclic) bond motifs is 1. The second-order valence-corrected chi connectivity index (χ2v) is 15.1. The van der Waals surface area contributed by atoms with Gasteiger partial charge in [0.05, 0.1) is 49.6 Å². The smallest absolute Gasteiger partial charge is 0.338 e. The molecule has 0 unspecified atom stereocenters. The summed E-state index contributed by atoms with van der Waals surface area (Å²) in [6.45, 7) is 0.00366. The molecule has 14 nitrogen and oxygen atoms in total. The first-order valence-corrected chi connectivity index (χ1v) is 18.7. The van der Waals surface area contributed by atoms with Crippen LogP contribution in [-0.2, 0) is 37.4 Å². The van der Waals surface area contributed by atoms with E-state index in [1.54, 1.807) is 59.5 Å². The molecular weight excluding hydrogens is 721 g/mol. The Balaban J connectivity index is 1.52. The van der Waals surface area contributed by atoms with Crippen LogP contribution in [0.2, 0.25) is 10.0 Å². The number of rotatable bonds is 12. The third-order valence-electron chi connectivity index (χ3n) is 9.24. The van der Waals surface area contributed by atoms with E-state index in [-0.39, 0.29) is 29.3 Å². The molecule has 4 atom stereocenters. The standard InChI is InChI=1S/C34H37Cl2N7O7S/c1-49-34(46)26-17-20(11-12-21(26)15-16-39-41-37)19-50-40-32(44)30-23-7-3-4-8-24(23)33(45)42(31(30)25-14-13-22(35)18-27(25)36)28-9-5-6-10-29(28)43(38)51(2,47)48/h3-4,7-8,11-14,17-18,28-31H,5-6,9-10,15-16,19,38H2,1-2H3,(H,40,44)/t28-,29-,30+,31-/m0/s1. The minimum atomic E-state index is -3.85. The Bertz CT molecular complexity index is 1980. The molecule has 0 radical (unpaired) electrons. The molecule has 1 heterocycles. The van der Waals surface area contributed by atoms with Crippen molar-refractivity contribution in [2.24, 2.45) is 11.0 Å². The van der Waals surface area contributed by atoms with Gasteiger partial charge in [-0.15, -0.1) is 4.41 Å². The summed E-state index contributed by atoms with van der Waals surface area (Å²) >= 11 is 13.1. The molecule has 1 fully saturated rings. The molecule has 3 aromatic carbocycles. The topological polar surface area (TPSA) is 197 Å². The van der Waals surface area contributed by atoms with Crippen LogP contribution in [0, 0.1) is 0 Å². The van der Waals surface area contributed by atoms with Crippen molar-refractivity contribution >= 4 is 51.0 Å². The number of carbonyl (C=O) groups excluding carboxylic acids is 3. The Hall–Kier alpha value is -4.21. The quantitative estimate of drug-likeness (QED) is 0.0594. The van der Waals surface area contributed by atoms with Crippen LogP contribution in [0.5, 0.6) is 0 Å². The first-order chi connectivity index (χ1) is 24.4. The number of nitrogens with two attached hydrogens (primary N) is 1. The van der Waals surface area contributed by atoms with Gasteiger partial charge in [0.15, 0.2) is 0 Å². The maximum Gasteiger partial charge on any atom is 0.338 e. The van der Waals surface area contributed by atoms with E-state index in [4.69, 9.17) is 44.2 Å². The lowest BCUT2D eigenvalue weighted by molar-refractivity contribution is -0.138. The summed E-state index contributed by atoms with van der Waals surface area (Å²) in [6.07, 6.45) is 3.54. The average Bonchev–Trinajstić information content (AvgIpc) is 3.11. The van der Waals surface area contributed by atoms with Crippen LogP contribution < -0.4 is 11.3 Å². The number of sulfonamides is 1. The zero-order chi connectivity index (χ0) is 36.9. The fourth-order valence-electron chi connectivity index (χ4n) is 6.93. The third-order valence-corrected chi connectivity index (χ3v) is 10.8. The number of hydrazine groups is 1. The summed E-state index contributed by atoms with van der Waals surface area (Å²) in [7, 11) is -2.60. The molecule has 3 aromatic rings. The summed E-state index contributed by atoms with van der Waals surface area (Å²) in [5.74, 6) is 3.55. The van der Waals surface area contributed by atoms with Crippen molar-refractivity contribution in [2.45, 2.75) is 62.8 Å². The molecule has 1 aliphatic heterocycles. The van der Waals surface area contributed by atoms with E-state index < -0.39 is 51.9 Å². The van der Waals surface area contributed by atoms with Gasteiger partial charge in [-0.3, -0.25) is 20.3 Å². The zero-order valence-electron chi connectivity index (χ0n) is 27.9. The highest BCUT2D eigenvalue weighted by molar-refractivity contribution is 7.88. The number of methoxy groups -OCH3 is 1. The number of carbonyl (C=O) groups is 3. The summed E-state index contributed by atoms with van der Waals surface area (Å²) < 4.78 is 31.1. The van der Waals surface area contributed by atoms with Gasteiger partial charge in [0.25, 0.3) is 11.8 Å². The van der Waals surface area contributed by atoms with E-state index in [1.807, 2.05) is 0 Å². The number of halogens is 2. The van der Waals surface area contributed by atoms with Crippen molar-refractivity contribution in [3.8, 4) is 0 Å². The Morgan fingerprint density at radius 1 is 1.10 bits per heavy atom. The normalized spacial score (nSPS) is 20.4. The third kappa shape index (κ3) is 8.31. The number of hydrogen-bond acceptors (Lipinski definition) is 9. The van der Waals surface area contributed by atoms with Gasteiger partial charge < -0.3 is 9.64 Å². The number of nitrogens with one attached hydrogen (secondary N) is 1. The van der Waals surface area contributed by atoms with Crippen molar-refractivity contribution in [3.63, 3.8) is 0 Å². The molecule has 2 amide bonds. The molecule has 5 rings (SSSR count). The highest BCUT2D eigenvalue weighted by Crippen LogP contribution is 2.48. The second-order valence-electron chi connectivity index (χ2n) is 12.3. The molecule has 1 saturated carbocycles. The van der Waals surface area contributed by atoms with Gasteiger partial charge in [0.2, 0.25) is 10.0 Å². The minimum Gasteiger partial charge on any atom is -0.465 e. The van der Waals surface area contributed by atoms with Gasteiger partial charge in [-0.1, -0.05) is 77.6 Å². The molecule has 51 heavy (non-hydrogen) atoms. The lowest BCUT2D eigenvalue weighted by Gasteiger charge is -2.50. The van der Waals surface area contributed by atoms with Gasteiger partial charge in [-0.2, -0.15) is 0 Å². The van der Waals surface area contributed by atoms with Crippen LogP contribution in [-0.4, -0.2) is 67.5 Å². The van der Waals surface area contributed by atoms with E-state index >= 15 is 0 Å². The average molecular weight is 759 g/mol.